The van der Waals surface area contributed by atoms with Crippen LogP contribution in [0.25, 0.3) is 0 Å². The number of piperidine rings is 1. The van der Waals surface area contributed by atoms with Crippen LogP contribution in [0.2, 0.25) is 0 Å². The number of furan rings is 1. The molecule has 8 heteroatoms. The highest BCUT2D eigenvalue weighted by Gasteiger charge is 2.17. The zero-order valence-corrected chi connectivity index (χ0v) is 18.7. The lowest BCUT2D eigenvalue weighted by Crippen LogP contribution is -2.28. The van der Waals surface area contributed by atoms with E-state index in [2.05, 4.69) is 10.2 Å². The third kappa shape index (κ3) is 5.77. The van der Waals surface area contributed by atoms with Gasteiger partial charge in [-0.25, -0.2) is 0 Å². The van der Waals surface area contributed by atoms with Gasteiger partial charge >= 0.3 is 0 Å². The van der Waals surface area contributed by atoms with E-state index in [4.69, 9.17) is 4.42 Å². The number of hydrogen-bond donors (Lipinski definition) is 1. The number of carbonyl (C=O) groups is 1. The van der Waals surface area contributed by atoms with Crippen molar-refractivity contribution >= 4 is 29.0 Å². The molecular weight excluding hydrogens is 426 g/mol. The van der Waals surface area contributed by atoms with Gasteiger partial charge in [-0.2, -0.15) is 0 Å². The van der Waals surface area contributed by atoms with Crippen LogP contribution in [0.4, 0.5) is 11.4 Å². The Balaban J connectivity index is 1.47. The number of nitrogens with zero attached hydrogens (tertiary/aromatic N) is 2. The van der Waals surface area contributed by atoms with Crippen molar-refractivity contribution < 1.29 is 14.1 Å². The molecule has 4 rings (SSSR count). The van der Waals surface area contributed by atoms with Gasteiger partial charge in [0.25, 0.3) is 11.6 Å². The van der Waals surface area contributed by atoms with Crippen LogP contribution in [-0.2, 0) is 6.54 Å². The third-order valence-corrected chi connectivity index (χ3v) is 6.31. The second kappa shape index (κ2) is 10.0. The fraction of sp³-hybridized carbons (Fsp3) is 0.292. The second-order valence-corrected chi connectivity index (χ2v) is 9.09. The Hall–Kier alpha value is -3.10. The molecule has 2 aromatic carbocycles. The molecule has 1 aliphatic heterocycles. The van der Waals surface area contributed by atoms with E-state index >= 15 is 0 Å². The lowest BCUT2D eigenvalue weighted by Gasteiger charge is -2.25. The zero-order valence-electron chi connectivity index (χ0n) is 17.9. The summed E-state index contributed by atoms with van der Waals surface area (Å²) in [4.78, 5) is 27.6. The molecule has 166 valence electrons. The topological polar surface area (TPSA) is 88.6 Å². The van der Waals surface area contributed by atoms with Gasteiger partial charge in [-0.15, -0.1) is 0 Å². The first-order valence-corrected chi connectivity index (χ1v) is 11.4. The van der Waals surface area contributed by atoms with Crippen molar-refractivity contribution in [1.82, 2.24) is 4.90 Å². The number of benzene rings is 2. The van der Waals surface area contributed by atoms with E-state index in [9.17, 15) is 14.9 Å². The number of hydrogen-bond acceptors (Lipinski definition) is 6. The standard InChI is InChI=1S/C24H25N3O4S/c1-17-5-8-21(9-6-17)32-22-14-18(13-19(15-22)27(29)30)25-24(28)23-10-7-20(31-23)16-26-11-3-2-4-12-26/h5-10,13-15H,2-4,11-12,16H2,1H3,(H,25,28). The van der Waals surface area contributed by atoms with Gasteiger partial charge < -0.3 is 9.73 Å². The van der Waals surface area contributed by atoms with Crippen LogP contribution >= 0.6 is 11.8 Å². The number of non-ortho nitro benzene ring substituents is 1. The van der Waals surface area contributed by atoms with Crippen molar-refractivity contribution in [3.05, 3.63) is 81.8 Å². The van der Waals surface area contributed by atoms with Gasteiger partial charge in [0.05, 0.1) is 11.5 Å². The molecule has 1 saturated heterocycles. The third-order valence-electron chi connectivity index (χ3n) is 5.33. The molecule has 0 radical (unpaired) electrons. The number of nitrogens with one attached hydrogen (secondary N) is 1. The van der Waals surface area contributed by atoms with Crippen LogP contribution in [-0.4, -0.2) is 28.8 Å². The fourth-order valence-electron chi connectivity index (χ4n) is 3.68. The number of rotatable bonds is 7. The zero-order chi connectivity index (χ0) is 22.5. The summed E-state index contributed by atoms with van der Waals surface area (Å²) in [6.45, 7) is 4.76. The predicted molar refractivity (Wildman–Crippen MR) is 124 cm³/mol. The van der Waals surface area contributed by atoms with Crippen molar-refractivity contribution in [1.29, 1.82) is 0 Å². The normalized spacial score (nSPS) is 14.3. The average Bonchev–Trinajstić information content (AvgIpc) is 3.24. The quantitative estimate of drug-likeness (QED) is 0.356. The fourth-order valence-corrected chi connectivity index (χ4v) is 4.59. The van der Waals surface area contributed by atoms with E-state index < -0.39 is 10.8 Å². The van der Waals surface area contributed by atoms with Crippen LogP contribution in [0.5, 0.6) is 0 Å². The van der Waals surface area contributed by atoms with Gasteiger partial charge in [-0.1, -0.05) is 35.9 Å². The summed E-state index contributed by atoms with van der Waals surface area (Å²) in [5.41, 5.74) is 1.41. The number of nitro groups is 1. The lowest BCUT2D eigenvalue weighted by atomic mass is 10.1. The highest BCUT2D eigenvalue weighted by molar-refractivity contribution is 7.99. The van der Waals surface area contributed by atoms with Crippen LogP contribution in [0.3, 0.4) is 0 Å². The molecule has 0 saturated carbocycles. The Morgan fingerprint density at radius 2 is 1.81 bits per heavy atom. The molecular formula is C24H25N3O4S. The van der Waals surface area contributed by atoms with E-state index in [1.165, 1.54) is 43.2 Å². The monoisotopic (exact) mass is 451 g/mol. The Morgan fingerprint density at radius 3 is 2.53 bits per heavy atom. The van der Waals surface area contributed by atoms with Crippen LogP contribution in [0.1, 0.15) is 41.1 Å². The molecule has 1 aliphatic rings. The molecule has 0 atom stereocenters. The van der Waals surface area contributed by atoms with Gasteiger partial charge in [-0.05, 0) is 63.2 Å². The predicted octanol–water partition coefficient (Wildman–Crippen LogP) is 5.89. The number of aryl methyl sites for hydroxylation is 1. The lowest BCUT2D eigenvalue weighted by molar-refractivity contribution is -0.385. The second-order valence-electron chi connectivity index (χ2n) is 7.94. The molecule has 32 heavy (non-hydrogen) atoms. The first kappa shape index (κ1) is 22.1. The minimum atomic E-state index is -0.460. The van der Waals surface area contributed by atoms with E-state index in [1.807, 2.05) is 37.3 Å². The van der Waals surface area contributed by atoms with Gasteiger partial charge in [0.1, 0.15) is 5.76 Å². The smallest absolute Gasteiger partial charge is 0.291 e. The van der Waals surface area contributed by atoms with Crippen molar-refractivity contribution in [3.8, 4) is 0 Å². The number of carbonyl (C=O) groups excluding carboxylic acids is 1. The Labute approximate surface area is 191 Å². The van der Waals surface area contributed by atoms with Crippen LogP contribution < -0.4 is 5.32 Å². The van der Waals surface area contributed by atoms with Crippen LogP contribution in [0, 0.1) is 17.0 Å². The van der Waals surface area contributed by atoms with Gasteiger partial charge in [0, 0.05) is 27.6 Å². The van der Waals surface area contributed by atoms with Crippen molar-refractivity contribution in [2.45, 2.75) is 42.5 Å². The summed E-state index contributed by atoms with van der Waals surface area (Å²) in [5, 5.41) is 14.2. The minimum Gasteiger partial charge on any atom is -0.455 e. The SMILES string of the molecule is Cc1ccc(Sc2cc(NC(=O)c3ccc(CN4CCCCC4)o3)cc([N+](=O)[O-])c2)cc1. The molecule has 7 nitrogen and oxygen atoms in total. The van der Waals surface area contributed by atoms with Crippen molar-refractivity contribution in [3.63, 3.8) is 0 Å². The van der Waals surface area contributed by atoms with Gasteiger partial charge in [0.15, 0.2) is 5.76 Å². The summed E-state index contributed by atoms with van der Waals surface area (Å²) < 4.78 is 5.74. The summed E-state index contributed by atoms with van der Waals surface area (Å²) in [6, 6.07) is 15.9. The van der Waals surface area contributed by atoms with Crippen molar-refractivity contribution in [2.24, 2.45) is 0 Å². The Morgan fingerprint density at radius 1 is 1.06 bits per heavy atom. The van der Waals surface area contributed by atoms with Crippen LogP contribution in [0.15, 0.2) is 68.8 Å². The molecule has 3 aromatic rings. The molecule has 0 bridgehead atoms. The molecule has 1 fully saturated rings. The van der Waals surface area contributed by atoms with E-state index in [-0.39, 0.29) is 11.4 Å². The number of likely N-dealkylation sites (tertiary alicyclic amines) is 1. The number of anilines is 1. The first-order chi connectivity index (χ1) is 15.5. The maximum atomic E-state index is 12.7. The van der Waals surface area contributed by atoms with Gasteiger partial charge in [0.2, 0.25) is 0 Å². The maximum Gasteiger partial charge on any atom is 0.291 e. The molecule has 1 amide bonds. The van der Waals surface area contributed by atoms with E-state index in [1.54, 1.807) is 12.1 Å². The molecule has 0 unspecified atom stereocenters. The largest absolute Gasteiger partial charge is 0.455 e. The maximum absolute atomic E-state index is 12.7. The first-order valence-electron chi connectivity index (χ1n) is 10.6. The van der Waals surface area contributed by atoms with E-state index in [0.717, 1.165) is 29.3 Å². The van der Waals surface area contributed by atoms with Gasteiger partial charge in [-0.3, -0.25) is 19.8 Å². The Bertz CT molecular complexity index is 1100. The van der Waals surface area contributed by atoms with Crippen molar-refractivity contribution in [2.75, 3.05) is 18.4 Å². The molecule has 1 aromatic heterocycles. The summed E-state index contributed by atoms with van der Waals surface area (Å²) in [6.07, 6.45) is 3.63. The molecule has 2 heterocycles. The summed E-state index contributed by atoms with van der Waals surface area (Å²) in [7, 11) is 0. The minimum absolute atomic E-state index is 0.0809. The highest BCUT2D eigenvalue weighted by Crippen LogP contribution is 2.33. The number of amides is 1. The molecule has 1 N–H and O–H groups in total. The molecule has 0 spiro atoms. The summed E-state index contributed by atoms with van der Waals surface area (Å²) in [5.74, 6) is 0.504. The summed E-state index contributed by atoms with van der Waals surface area (Å²) >= 11 is 1.40. The van der Waals surface area contributed by atoms with E-state index in [0.29, 0.717) is 17.1 Å². The highest BCUT2D eigenvalue weighted by atomic mass is 32.2. The average molecular weight is 452 g/mol. The molecule has 0 aliphatic carbocycles. The Kier molecular flexibility index (Phi) is 6.92. The number of nitro benzene ring substituents is 1.